The smallest absolute Gasteiger partial charge is 0.338 e. The van der Waals surface area contributed by atoms with Gasteiger partial charge >= 0.3 is 5.97 Å². The van der Waals surface area contributed by atoms with Crippen molar-refractivity contribution in [2.45, 2.75) is 63.8 Å². The Hall–Kier alpha value is -1.35. The number of aryl methyl sites for hydroxylation is 1. The molecule has 1 saturated heterocycles. The molecule has 2 atom stereocenters. The van der Waals surface area contributed by atoms with Crippen molar-refractivity contribution in [2.75, 3.05) is 0 Å². The van der Waals surface area contributed by atoms with E-state index in [1.807, 2.05) is 31.2 Å². The van der Waals surface area contributed by atoms with E-state index < -0.39 is 11.7 Å². The van der Waals surface area contributed by atoms with Crippen LogP contribution in [0.25, 0.3) is 0 Å². The number of esters is 1. The first-order chi connectivity index (χ1) is 9.59. The Bertz CT molecular complexity index is 487. The number of hydrogen-bond donors (Lipinski definition) is 0. The van der Waals surface area contributed by atoms with Crippen LogP contribution in [0.15, 0.2) is 24.3 Å². The quantitative estimate of drug-likeness (QED) is 0.625. The minimum Gasteiger partial charge on any atom is -0.460 e. The fourth-order valence-corrected chi connectivity index (χ4v) is 3.00. The second-order valence-electron chi connectivity index (χ2n) is 6.17. The molecule has 0 N–H and O–H groups in total. The van der Waals surface area contributed by atoms with Gasteiger partial charge in [-0.05, 0) is 45.1 Å². The first-order valence-corrected chi connectivity index (χ1v) is 7.55. The van der Waals surface area contributed by atoms with Gasteiger partial charge in [-0.15, -0.1) is 0 Å². The van der Waals surface area contributed by atoms with E-state index in [4.69, 9.17) is 9.47 Å². The topological polar surface area (TPSA) is 38.8 Å². The molecule has 1 aromatic carbocycles. The van der Waals surface area contributed by atoms with Crippen molar-refractivity contribution in [1.82, 2.24) is 0 Å². The van der Waals surface area contributed by atoms with Crippen LogP contribution in [0.2, 0.25) is 0 Å². The molecule has 1 aromatic rings. The molecule has 108 valence electrons. The highest BCUT2D eigenvalue weighted by Crippen LogP contribution is 2.46. The van der Waals surface area contributed by atoms with Gasteiger partial charge in [-0.2, -0.15) is 0 Å². The van der Waals surface area contributed by atoms with Gasteiger partial charge in [-0.1, -0.05) is 36.2 Å². The van der Waals surface area contributed by atoms with Gasteiger partial charge < -0.3 is 9.47 Å². The van der Waals surface area contributed by atoms with Gasteiger partial charge in [-0.25, -0.2) is 4.79 Å². The zero-order valence-corrected chi connectivity index (χ0v) is 12.2. The lowest BCUT2D eigenvalue weighted by molar-refractivity contribution is -0.152. The summed E-state index contributed by atoms with van der Waals surface area (Å²) in [6.07, 6.45) is 5.25. The van der Waals surface area contributed by atoms with E-state index in [0.29, 0.717) is 0 Å². The van der Waals surface area contributed by atoms with Crippen LogP contribution in [0.1, 0.15) is 50.2 Å². The molecule has 1 heterocycles. The van der Waals surface area contributed by atoms with E-state index in [-0.39, 0.29) is 12.1 Å². The van der Waals surface area contributed by atoms with E-state index in [1.165, 1.54) is 24.8 Å². The molecule has 3 heteroatoms. The Balaban J connectivity index is 1.62. The molecule has 2 fully saturated rings. The minimum atomic E-state index is -0.501. The van der Waals surface area contributed by atoms with Crippen molar-refractivity contribution >= 4 is 5.97 Å². The summed E-state index contributed by atoms with van der Waals surface area (Å²) in [6.45, 7) is 4.01. The average Bonchev–Trinajstić information content (AvgIpc) is 3.14. The SMILES string of the molecule is Cc1ccc(C2(C)OC2C(=O)OC2CCCCC2)cc1. The Morgan fingerprint density at radius 1 is 1.20 bits per heavy atom. The zero-order chi connectivity index (χ0) is 14.2. The van der Waals surface area contributed by atoms with Crippen molar-refractivity contribution in [1.29, 1.82) is 0 Å². The fraction of sp³-hybridized carbons (Fsp3) is 0.588. The van der Waals surface area contributed by atoms with E-state index >= 15 is 0 Å². The Labute approximate surface area is 120 Å². The number of carbonyl (C=O) groups is 1. The molecular formula is C17H22O3. The number of ether oxygens (including phenoxy) is 2. The number of rotatable bonds is 3. The fourth-order valence-electron chi connectivity index (χ4n) is 3.00. The van der Waals surface area contributed by atoms with Gasteiger partial charge in [-0.3, -0.25) is 0 Å². The van der Waals surface area contributed by atoms with Crippen LogP contribution in [0.5, 0.6) is 0 Å². The molecule has 0 aromatic heterocycles. The monoisotopic (exact) mass is 274 g/mol. The molecule has 2 aliphatic rings. The molecule has 0 spiro atoms. The lowest BCUT2D eigenvalue weighted by Gasteiger charge is -2.21. The Morgan fingerprint density at radius 2 is 1.85 bits per heavy atom. The van der Waals surface area contributed by atoms with Crippen molar-refractivity contribution in [3.63, 3.8) is 0 Å². The normalized spacial score (nSPS) is 30.0. The first-order valence-electron chi connectivity index (χ1n) is 7.55. The molecule has 0 amide bonds. The number of benzene rings is 1. The maximum absolute atomic E-state index is 12.2. The van der Waals surface area contributed by atoms with Crippen LogP contribution in [0, 0.1) is 6.92 Å². The molecular weight excluding hydrogens is 252 g/mol. The highest BCUT2D eigenvalue weighted by Gasteiger charge is 2.59. The molecule has 20 heavy (non-hydrogen) atoms. The molecule has 3 nitrogen and oxygen atoms in total. The van der Waals surface area contributed by atoms with Crippen molar-refractivity contribution < 1.29 is 14.3 Å². The average molecular weight is 274 g/mol. The lowest BCUT2D eigenvalue weighted by atomic mass is 9.96. The van der Waals surface area contributed by atoms with Crippen LogP contribution >= 0.6 is 0 Å². The van der Waals surface area contributed by atoms with Crippen LogP contribution < -0.4 is 0 Å². The predicted molar refractivity (Wildman–Crippen MR) is 76.4 cm³/mol. The Morgan fingerprint density at radius 3 is 2.50 bits per heavy atom. The maximum atomic E-state index is 12.2. The van der Waals surface area contributed by atoms with Crippen molar-refractivity contribution in [2.24, 2.45) is 0 Å². The standard InChI is InChI=1S/C17H22O3/c1-12-8-10-13(11-9-12)17(2)15(20-17)16(18)19-14-6-4-3-5-7-14/h8-11,14-15H,3-7H2,1-2H3. The van der Waals surface area contributed by atoms with Crippen LogP contribution in [0.4, 0.5) is 0 Å². The van der Waals surface area contributed by atoms with E-state index in [0.717, 1.165) is 18.4 Å². The van der Waals surface area contributed by atoms with Crippen LogP contribution in [-0.2, 0) is 19.9 Å². The first kappa shape index (κ1) is 13.6. The highest BCUT2D eigenvalue weighted by molar-refractivity contribution is 5.80. The van der Waals surface area contributed by atoms with Gasteiger partial charge in [0.05, 0.1) is 0 Å². The third-order valence-corrected chi connectivity index (χ3v) is 4.48. The van der Waals surface area contributed by atoms with E-state index in [9.17, 15) is 4.79 Å². The maximum Gasteiger partial charge on any atom is 0.338 e. The molecule has 0 bridgehead atoms. The Kier molecular flexibility index (Phi) is 3.55. The summed E-state index contributed by atoms with van der Waals surface area (Å²) in [6, 6.07) is 8.16. The molecule has 1 aliphatic carbocycles. The summed E-state index contributed by atoms with van der Waals surface area (Å²) < 4.78 is 11.3. The number of carbonyl (C=O) groups excluding carboxylic acids is 1. The second kappa shape index (κ2) is 5.21. The van der Waals surface area contributed by atoms with E-state index in [1.54, 1.807) is 0 Å². The van der Waals surface area contributed by atoms with Crippen LogP contribution in [-0.4, -0.2) is 18.2 Å². The van der Waals surface area contributed by atoms with Crippen molar-refractivity contribution in [3.8, 4) is 0 Å². The third kappa shape index (κ3) is 2.59. The predicted octanol–water partition coefficient (Wildman–Crippen LogP) is 3.48. The molecule has 0 radical (unpaired) electrons. The minimum absolute atomic E-state index is 0.0997. The largest absolute Gasteiger partial charge is 0.460 e. The summed E-state index contributed by atoms with van der Waals surface area (Å²) in [5.74, 6) is -0.194. The lowest BCUT2D eigenvalue weighted by Crippen LogP contribution is -2.26. The van der Waals surface area contributed by atoms with Gasteiger partial charge in [0.25, 0.3) is 0 Å². The number of hydrogen-bond acceptors (Lipinski definition) is 3. The van der Waals surface area contributed by atoms with Gasteiger partial charge in [0.15, 0.2) is 6.10 Å². The molecule has 1 aliphatic heterocycles. The summed E-state index contributed by atoms with van der Waals surface area (Å²) in [5, 5.41) is 0. The van der Waals surface area contributed by atoms with Gasteiger partial charge in [0, 0.05) is 0 Å². The highest BCUT2D eigenvalue weighted by atomic mass is 16.7. The molecule has 1 saturated carbocycles. The van der Waals surface area contributed by atoms with Crippen molar-refractivity contribution in [3.05, 3.63) is 35.4 Å². The molecule has 2 unspecified atom stereocenters. The van der Waals surface area contributed by atoms with Gasteiger partial charge in [0.2, 0.25) is 0 Å². The summed E-state index contributed by atoms with van der Waals surface area (Å²) >= 11 is 0. The van der Waals surface area contributed by atoms with Crippen LogP contribution in [0.3, 0.4) is 0 Å². The third-order valence-electron chi connectivity index (χ3n) is 4.48. The zero-order valence-electron chi connectivity index (χ0n) is 12.2. The molecule has 3 rings (SSSR count). The summed E-state index contributed by atoms with van der Waals surface area (Å²) in [7, 11) is 0. The van der Waals surface area contributed by atoms with E-state index in [2.05, 4.69) is 6.92 Å². The summed E-state index contributed by atoms with van der Waals surface area (Å²) in [5.41, 5.74) is 1.76. The second-order valence-corrected chi connectivity index (χ2v) is 6.17. The summed E-state index contributed by atoms with van der Waals surface area (Å²) in [4.78, 5) is 12.2. The van der Waals surface area contributed by atoms with Gasteiger partial charge in [0.1, 0.15) is 11.7 Å². The number of epoxide rings is 1.